The predicted molar refractivity (Wildman–Crippen MR) is 70.1 cm³/mol. The average molecular weight is 258 g/mol. The van der Waals surface area contributed by atoms with E-state index >= 15 is 0 Å². The van der Waals surface area contributed by atoms with Gasteiger partial charge in [-0.2, -0.15) is 5.26 Å². The molecule has 19 heavy (non-hydrogen) atoms. The molecule has 0 radical (unpaired) electrons. The first-order chi connectivity index (χ1) is 9.06. The molecule has 0 aliphatic carbocycles. The second kappa shape index (κ2) is 4.98. The molecule has 1 aliphatic heterocycles. The van der Waals surface area contributed by atoms with E-state index in [-0.39, 0.29) is 18.4 Å². The second-order valence-corrected chi connectivity index (χ2v) is 4.35. The maximum Gasteiger partial charge on any atom is 0.249 e. The number of piperazine rings is 1. The quantitative estimate of drug-likeness (QED) is 0.590. The number of rotatable bonds is 2. The van der Waals surface area contributed by atoms with E-state index in [2.05, 4.69) is 5.32 Å². The molecule has 98 valence electrons. The Balaban J connectivity index is 2.38. The molecule has 1 fully saturated rings. The number of carbonyl (C=O) groups is 2. The minimum Gasteiger partial charge on any atom is -0.398 e. The SMILES string of the molecule is CCC1C(=O)NC(=O)CN1c1ccc(C#N)c(N)c1. The van der Waals surface area contributed by atoms with Gasteiger partial charge in [0.15, 0.2) is 0 Å². The van der Waals surface area contributed by atoms with Crippen molar-refractivity contribution in [3.63, 3.8) is 0 Å². The first kappa shape index (κ1) is 12.9. The van der Waals surface area contributed by atoms with Crippen molar-refractivity contribution >= 4 is 23.2 Å². The summed E-state index contributed by atoms with van der Waals surface area (Å²) in [6, 6.07) is 6.49. The summed E-state index contributed by atoms with van der Waals surface area (Å²) < 4.78 is 0. The van der Waals surface area contributed by atoms with Crippen LogP contribution in [0.2, 0.25) is 0 Å². The van der Waals surface area contributed by atoms with Crippen LogP contribution in [0.15, 0.2) is 18.2 Å². The number of imide groups is 1. The molecule has 1 unspecified atom stereocenters. The Morgan fingerprint density at radius 1 is 1.53 bits per heavy atom. The molecule has 6 nitrogen and oxygen atoms in total. The summed E-state index contributed by atoms with van der Waals surface area (Å²) in [4.78, 5) is 24.9. The highest BCUT2D eigenvalue weighted by Crippen LogP contribution is 2.25. The van der Waals surface area contributed by atoms with Crippen molar-refractivity contribution in [2.75, 3.05) is 17.2 Å². The van der Waals surface area contributed by atoms with Crippen LogP contribution in [0.4, 0.5) is 11.4 Å². The molecule has 3 N–H and O–H groups in total. The van der Waals surface area contributed by atoms with Gasteiger partial charge < -0.3 is 10.6 Å². The van der Waals surface area contributed by atoms with Gasteiger partial charge in [-0.15, -0.1) is 0 Å². The lowest BCUT2D eigenvalue weighted by Gasteiger charge is -2.35. The molecular weight excluding hydrogens is 244 g/mol. The summed E-state index contributed by atoms with van der Waals surface area (Å²) >= 11 is 0. The molecule has 1 atom stereocenters. The number of anilines is 2. The lowest BCUT2D eigenvalue weighted by atomic mass is 10.1. The molecule has 1 saturated heterocycles. The van der Waals surface area contributed by atoms with E-state index in [0.29, 0.717) is 23.4 Å². The number of nitrogens with one attached hydrogen (secondary N) is 1. The average Bonchev–Trinajstić information content (AvgIpc) is 2.37. The zero-order valence-electron chi connectivity index (χ0n) is 10.5. The van der Waals surface area contributed by atoms with E-state index in [9.17, 15) is 9.59 Å². The van der Waals surface area contributed by atoms with Gasteiger partial charge in [-0.3, -0.25) is 14.9 Å². The smallest absolute Gasteiger partial charge is 0.249 e. The monoisotopic (exact) mass is 258 g/mol. The fourth-order valence-electron chi connectivity index (χ4n) is 2.17. The van der Waals surface area contributed by atoms with Crippen LogP contribution in [0, 0.1) is 11.3 Å². The molecular formula is C13H14N4O2. The fraction of sp³-hybridized carbons (Fsp3) is 0.308. The number of nitriles is 1. The molecule has 0 aromatic heterocycles. The first-order valence-electron chi connectivity index (χ1n) is 5.96. The van der Waals surface area contributed by atoms with Crippen molar-refractivity contribution in [1.29, 1.82) is 5.26 Å². The van der Waals surface area contributed by atoms with E-state index in [4.69, 9.17) is 11.0 Å². The molecule has 0 spiro atoms. The molecule has 1 aromatic carbocycles. The maximum atomic E-state index is 11.8. The normalized spacial score (nSPS) is 18.9. The van der Waals surface area contributed by atoms with Gasteiger partial charge in [0.1, 0.15) is 12.1 Å². The third kappa shape index (κ3) is 2.36. The van der Waals surface area contributed by atoms with Crippen LogP contribution in [0.1, 0.15) is 18.9 Å². The molecule has 1 aliphatic rings. The Labute approximate surface area is 110 Å². The minimum absolute atomic E-state index is 0.107. The molecule has 0 bridgehead atoms. The van der Waals surface area contributed by atoms with E-state index in [1.807, 2.05) is 13.0 Å². The van der Waals surface area contributed by atoms with Crippen LogP contribution < -0.4 is 16.0 Å². The van der Waals surface area contributed by atoms with Crippen LogP contribution in [-0.2, 0) is 9.59 Å². The van der Waals surface area contributed by atoms with Gasteiger partial charge in [0.05, 0.1) is 17.8 Å². The Morgan fingerprint density at radius 2 is 2.26 bits per heavy atom. The van der Waals surface area contributed by atoms with Gasteiger partial charge in [-0.05, 0) is 24.6 Å². The van der Waals surface area contributed by atoms with E-state index in [0.717, 1.165) is 0 Å². The number of carbonyl (C=O) groups excluding carboxylic acids is 2. The highest BCUT2D eigenvalue weighted by molar-refractivity contribution is 6.04. The molecule has 0 saturated carbocycles. The van der Waals surface area contributed by atoms with Gasteiger partial charge in [-0.25, -0.2) is 0 Å². The van der Waals surface area contributed by atoms with Crippen molar-refractivity contribution in [3.05, 3.63) is 23.8 Å². The summed E-state index contributed by atoms with van der Waals surface area (Å²) in [5.41, 5.74) is 7.15. The fourth-order valence-corrected chi connectivity index (χ4v) is 2.17. The topological polar surface area (TPSA) is 99.2 Å². The van der Waals surface area contributed by atoms with Crippen LogP contribution in [0.3, 0.4) is 0 Å². The van der Waals surface area contributed by atoms with Gasteiger partial charge >= 0.3 is 0 Å². The summed E-state index contributed by atoms with van der Waals surface area (Å²) in [5, 5.41) is 11.2. The van der Waals surface area contributed by atoms with Gasteiger partial charge in [0, 0.05) is 5.69 Å². The van der Waals surface area contributed by atoms with Crippen molar-refractivity contribution < 1.29 is 9.59 Å². The number of amides is 2. The van der Waals surface area contributed by atoms with Crippen molar-refractivity contribution in [3.8, 4) is 6.07 Å². The number of hydrogen-bond donors (Lipinski definition) is 2. The lowest BCUT2D eigenvalue weighted by Crippen LogP contribution is -2.58. The molecule has 6 heteroatoms. The van der Waals surface area contributed by atoms with Crippen LogP contribution >= 0.6 is 0 Å². The summed E-state index contributed by atoms with van der Waals surface area (Å²) in [6.45, 7) is 1.98. The zero-order valence-corrected chi connectivity index (χ0v) is 10.5. The van der Waals surface area contributed by atoms with Gasteiger partial charge in [0.2, 0.25) is 11.8 Å². The summed E-state index contributed by atoms with van der Waals surface area (Å²) in [7, 11) is 0. The summed E-state index contributed by atoms with van der Waals surface area (Å²) in [5.74, 6) is -0.640. The Hall–Kier alpha value is -2.55. The number of nitrogens with zero attached hydrogens (tertiary/aromatic N) is 2. The molecule has 1 aromatic rings. The van der Waals surface area contributed by atoms with Crippen LogP contribution in [0.5, 0.6) is 0 Å². The number of nitrogens with two attached hydrogens (primary N) is 1. The minimum atomic E-state index is -0.398. The maximum absolute atomic E-state index is 11.8. The first-order valence-corrected chi connectivity index (χ1v) is 5.96. The van der Waals surface area contributed by atoms with Gasteiger partial charge in [-0.1, -0.05) is 6.92 Å². The van der Waals surface area contributed by atoms with Crippen molar-refractivity contribution in [2.45, 2.75) is 19.4 Å². The van der Waals surface area contributed by atoms with Crippen LogP contribution in [0.25, 0.3) is 0 Å². The lowest BCUT2D eigenvalue weighted by molar-refractivity contribution is -0.132. The van der Waals surface area contributed by atoms with Crippen molar-refractivity contribution in [2.24, 2.45) is 0 Å². The molecule has 2 rings (SSSR count). The third-order valence-electron chi connectivity index (χ3n) is 3.13. The Bertz CT molecular complexity index is 576. The standard InChI is InChI=1S/C13H14N4O2/c1-2-11-13(19)16-12(18)7-17(11)9-4-3-8(6-14)10(15)5-9/h3-5,11H,2,7,15H2,1H3,(H,16,18,19). The van der Waals surface area contributed by atoms with Crippen molar-refractivity contribution in [1.82, 2.24) is 5.32 Å². The second-order valence-electron chi connectivity index (χ2n) is 4.35. The Morgan fingerprint density at radius 3 is 2.84 bits per heavy atom. The van der Waals surface area contributed by atoms with Gasteiger partial charge in [0.25, 0.3) is 0 Å². The largest absolute Gasteiger partial charge is 0.398 e. The summed E-state index contributed by atoms with van der Waals surface area (Å²) in [6.07, 6.45) is 0.582. The number of benzene rings is 1. The van der Waals surface area contributed by atoms with E-state index < -0.39 is 6.04 Å². The zero-order chi connectivity index (χ0) is 14.0. The highest BCUT2D eigenvalue weighted by Gasteiger charge is 2.32. The highest BCUT2D eigenvalue weighted by atomic mass is 16.2. The van der Waals surface area contributed by atoms with E-state index in [1.54, 1.807) is 23.1 Å². The number of hydrogen-bond acceptors (Lipinski definition) is 5. The Kier molecular flexibility index (Phi) is 3.38. The molecule has 2 amide bonds. The molecule has 1 heterocycles. The van der Waals surface area contributed by atoms with Crippen LogP contribution in [-0.4, -0.2) is 24.4 Å². The van der Waals surface area contributed by atoms with E-state index in [1.165, 1.54) is 0 Å². The number of nitrogen functional groups attached to an aromatic ring is 1. The third-order valence-corrected chi connectivity index (χ3v) is 3.13. The predicted octanol–water partition coefficient (Wildman–Crippen LogP) is 0.382.